The van der Waals surface area contributed by atoms with Gasteiger partial charge in [0.05, 0.1) is 26.0 Å². The van der Waals surface area contributed by atoms with Crippen LogP contribution in [0.15, 0.2) is 73.2 Å². The van der Waals surface area contributed by atoms with E-state index in [1.54, 1.807) is 13.3 Å². The first-order chi connectivity index (χ1) is 16.2. The molecule has 33 heavy (non-hydrogen) atoms. The van der Waals surface area contributed by atoms with Gasteiger partial charge in [0.1, 0.15) is 6.61 Å². The number of pyridine rings is 2. The van der Waals surface area contributed by atoms with Crippen LogP contribution in [0.5, 0.6) is 11.5 Å². The van der Waals surface area contributed by atoms with Crippen LogP contribution in [-0.2, 0) is 28.3 Å². The van der Waals surface area contributed by atoms with E-state index in [-0.39, 0.29) is 0 Å². The van der Waals surface area contributed by atoms with E-state index in [0.717, 1.165) is 33.2 Å². The highest BCUT2D eigenvalue weighted by atomic mass is 16.7. The monoisotopic (exact) mass is 442 g/mol. The number of methoxy groups -OCH3 is 1. The smallest absolute Gasteiger partial charge is 0.193 e. The van der Waals surface area contributed by atoms with Gasteiger partial charge < -0.3 is 18.9 Å². The summed E-state index contributed by atoms with van der Waals surface area (Å²) in [6.07, 6.45) is 6.05. The zero-order chi connectivity index (χ0) is 22.7. The Morgan fingerprint density at radius 1 is 0.970 bits per heavy atom. The van der Waals surface area contributed by atoms with Crippen LogP contribution in [0.25, 0.3) is 10.8 Å². The third-order valence-electron chi connectivity index (χ3n) is 5.97. The molecule has 5 rings (SSSR count). The summed E-state index contributed by atoms with van der Waals surface area (Å²) in [7, 11) is 1.66. The van der Waals surface area contributed by atoms with Gasteiger partial charge in [0.15, 0.2) is 17.3 Å². The SMILES string of the molecule is COc1cc2ccnc(Cc3ccncc3C3(C)OCCO3)c2cc1OCc1ccccc1. The Hall–Kier alpha value is -3.48. The molecule has 0 N–H and O–H groups in total. The number of hydrogen-bond acceptors (Lipinski definition) is 6. The van der Waals surface area contributed by atoms with Crippen molar-refractivity contribution in [3.05, 3.63) is 95.6 Å². The number of nitrogens with zero attached hydrogens (tertiary/aromatic N) is 2. The Bertz CT molecular complexity index is 1250. The maximum atomic E-state index is 6.15. The maximum absolute atomic E-state index is 6.15. The van der Waals surface area contributed by atoms with Crippen LogP contribution in [0.1, 0.15) is 29.3 Å². The first-order valence-electron chi connectivity index (χ1n) is 11.0. The highest BCUT2D eigenvalue weighted by Crippen LogP contribution is 2.36. The normalized spacial score (nSPS) is 15.0. The summed E-state index contributed by atoms with van der Waals surface area (Å²) in [6, 6.07) is 18.1. The van der Waals surface area contributed by atoms with Gasteiger partial charge in [-0.1, -0.05) is 30.3 Å². The lowest BCUT2D eigenvalue weighted by Crippen LogP contribution is -2.24. The van der Waals surface area contributed by atoms with Crippen LogP contribution in [0.4, 0.5) is 0 Å². The average Bonchev–Trinajstić information content (AvgIpc) is 3.31. The van der Waals surface area contributed by atoms with Gasteiger partial charge in [-0.05, 0) is 47.7 Å². The van der Waals surface area contributed by atoms with Crippen molar-refractivity contribution in [2.75, 3.05) is 20.3 Å². The second-order valence-electron chi connectivity index (χ2n) is 8.11. The van der Waals surface area contributed by atoms with E-state index in [1.807, 2.05) is 73.9 Å². The first kappa shape index (κ1) is 21.4. The van der Waals surface area contributed by atoms with Gasteiger partial charge in [-0.3, -0.25) is 9.97 Å². The number of ether oxygens (including phenoxy) is 4. The quantitative estimate of drug-likeness (QED) is 0.400. The molecule has 1 aliphatic rings. The lowest BCUT2D eigenvalue weighted by Gasteiger charge is -2.25. The highest BCUT2D eigenvalue weighted by molar-refractivity contribution is 5.88. The minimum Gasteiger partial charge on any atom is -0.493 e. The molecule has 0 spiro atoms. The van der Waals surface area contributed by atoms with Gasteiger partial charge in [-0.15, -0.1) is 0 Å². The van der Waals surface area contributed by atoms with E-state index in [0.29, 0.717) is 37.7 Å². The summed E-state index contributed by atoms with van der Waals surface area (Å²) in [6.45, 7) is 3.54. The molecular formula is C27H26N2O4. The topological polar surface area (TPSA) is 62.7 Å². The third kappa shape index (κ3) is 4.40. The minimum absolute atomic E-state index is 0.458. The van der Waals surface area contributed by atoms with Crippen LogP contribution in [0.2, 0.25) is 0 Å². The van der Waals surface area contributed by atoms with Crippen molar-refractivity contribution in [2.45, 2.75) is 25.7 Å². The van der Waals surface area contributed by atoms with Crippen LogP contribution < -0.4 is 9.47 Å². The van der Waals surface area contributed by atoms with Crippen molar-refractivity contribution in [1.29, 1.82) is 0 Å². The molecule has 0 saturated carbocycles. The van der Waals surface area contributed by atoms with E-state index in [1.165, 1.54) is 0 Å². The van der Waals surface area contributed by atoms with E-state index < -0.39 is 5.79 Å². The molecule has 1 fully saturated rings. The lowest BCUT2D eigenvalue weighted by atomic mass is 9.97. The molecule has 1 aliphatic heterocycles. The van der Waals surface area contributed by atoms with Crippen molar-refractivity contribution in [3.63, 3.8) is 0 Å². The Morgan fingerprint density at radius 2 is 1.79 bits per heavy atom. The predicted molar refractivity (Wildman–Crippen MR) is 125 cm³/mol. The van der Waals surface area contributed by atoms with E-state index >= 15 is 0 Å². The summed E-state index contributed by atoms with van der Waals surface area (Å²) in [4.78, 5) is 9.02. The van der Waals surface area contributed by atoms with Crippen molar-refractivity contribution in [3.8, 4) is 11.5 Å². The summed E-state index contributed by atoms with van der Waals surface area (Å²) in [5.41, 5.74) is 4.03. The number of hydrogen-bond donors (Lipinski definition) is 0. The van der Waals surface area contributed by atoms with Gasteiger partial charge >= 0.3 is 0 Å². The number of benzene rings is 2. The fourth-order valence-corrected chi connectivity index (χ4v) is 4.23. The largest absolute Gasteiger partial charge is 0.493 e. The van der Waals surface area contributed by atoms with Crippen LogP contribution in [0.3, 0.4) is 0 Å². The van der Waals surface area contributed by atoms with Crippen LogP contribution in [-0.4, -0.2) is 30.3 Å². The Labute approximate surface area is 193 Å². The summed E-state index contributed by atoms with van der Waals surface area (Å²) < 4.78 is 23.6. The second-order valence-corrected chi connectivity index (χ2v) is 8.11. The molecular weight excluding hydrogens is 416 g/mol. The van der Waals surface area contributed by atoms with Crippen molar-refractivity contribution < 1.29 is 18.9 Å². The summed E-state index contributed by atoms with van der Waals surface area (Å²) in [5, 5.41) is 2.06. The molecule has 168 valence electrons. The molecule has 3 heterocycles. The molecule has 2 aromatic carbocycles. The number of aromatic nitrogens is 2. The van der Waals surface area contributed by atoms with Gasteiger partial charge in [0, 0.05) is 36.0 Å². The Balaban J connectivity index is 1.51. The van der Waals surface area contributed by atoms with Gasteiger partial charge in [0.25, 0.3) is 0 Å². The fourth-order valence-electron chi connectivity index (χ4n) is 4.23. The average molecular weight is 443 g/mol. The van der Waals surface area contributed by atoms with Gasteiger partial charge in [-0.2, -0.15) is 0 Å². The predicted octanol–water partition coefficient (Wildman–Crippen LogP) is 5.03. The van der Waals surface area contributed by atoms with Gasteiger partial charge in [-0.25, -0.2) is 0 Å². The summed E-state index contributed by atoms with van der Waals surface area (Å²) in [5.74, 6) is 0.592. The minimum atomic E-state index is -0.790. The van der Waals surface area contributed by atoms with Crippen molar-refractivity contribution >= 4 is 10.8 Å². The molecule has 0 amide bonds. The number of fused-ring (bicyclic) bond motifs is 1. The second kappa shape index (κ2) is 9.17. The third-order valence-corrected chi connectivity index (χ3v) is 5.97. The van der Waals surface area contributed by atoms with E-state index in [9.17, 15) is 0 Å². The Kier molecular flexibility index (Phi) is 5.94. The highest BCUT2D eigenvalue weighted by Gasteiger charge is 2.35. The first-order valence-corrected chi connectivity index (χ1v) is 11.0. The van der Waals surface area contributed by atoms with Crippen LogP contribution in [0, 0.1) is 0 Å². The van der Waals surface area contributed by atoms with Crippen LogP contribution >= 0.6 is 0 Å². The van der Waals surface area contributed by atoms with E-state index in [4.69, 9.17) is 23.9 Å². The zero-order valence-electron chi connectivity index (χ0n) is 18.8. The zero-order valence-corrected chi connectivity index (χ0v) is 18.8. The summed E-state index contributed by atoms with van der Waals surface area (Å²) >= 11 is 0. The fraction of sp³-hybridized carbons (Fsp3) is 0.259. The molecule has 6 nitrogen and oxygen atoms in total. The molecule has 0 atom stereocenters. The molecule has 0 unspecified atom stereocenters. The van der Waals surface area contributed by atoms with E-state index in [2.05, 4.69) is 4.98 Å². The molecule has 6 heteroatoms. The van der Waals surface area contributed by atoms with Crippen molar-refractivity contribution in [2.24, 2.45) is 0 Å². The molecule has 2 aromatic heterocycles. The standard InChI is InChI=1S/C27H26N2O4/c1-27(32-12-13-33-27)23-17-28-10-8-21(23)14-24-22-16-26(31-18-19-6-4-3-5-7-19)25(30-2)15-20(22)9-11-29-24/h3-11,15-17H,12-14,18H2,1-2H3. The lowest BCUT2D eigenvalue weighted by molar-refractivity contribution is -0.150. The van der Waals surface area contributed by atoms with Gasteiger partial charge in [0.2, 0.25) is 0 Å². The molecule has 4 aromatic rings. The maximum Gasteiger partial charge on any atom is 0.193 e. The van der Waals surface area contributed by atoms with Crippen molar-refractivity contribution in [1.82, 2.24) is 9.97 Å². The Morgan fingerprint density at radius 3 is 2.58 bits per heavy atom. The molecule has 0 bridgehead atoms. The molecule has 0 radical (unpaired) electrons. The number of rotatable bonds is 7. The molecule has 1 saturated heterocycles. The molecule has 0 aliphatic carbocycles.